The Morgan fingerprint density at radius 2 is 2.05 bits per heavy atom. The lowest BCUT2D eigenvalue weighted by molar-refractivity contribution is 0.452. The van der Waals surface area contributed by atoms with Crippen LogP contribution in [0.15, 0.2) is 35.8 Å². The average molecular weight is 272 g/mol. The standard InChI is InChI=1S/C14H12N2O2S/c1-8-4-5-15-13(8)14-16-11(7-19-14)10-3-2-9(17)6-12(10)18/h2-7,15,17-18H,1H3. The van der Waals surface area contributed by atoms with Crippen LogP contribution in [0.1, 0.15) is 5.56 Å². The van der Waals surface area contributed by atoms with Crippen molar-refractivity contribution in [2.45, 2.75) is 6.92 Å². The number of aromatic nitrogens is 2. The van der Waals surface area contributed by atoms with Crippen LogP contribution >= 0.6 is 11.3 Å². The van der Waals surface area contributed by atoms with Crippen molar-refractivity contribution in [3.05, 3.63) is 41.4 Å². The highest BCUT2D eigenvalue weighted by atomic mass is 32.1. The predicted molar refractivity (Wildman–Crippen MR) is 75.4 cm³/mol. The third-order valence-corrected chi connectivity index (χ3v) is 3.79. The lowest BCUT2D eigenvalue weighted by Crippen LogP contribution is -1.82. The number of aromatic amines is 1. The molecule has 3 rings (SSSR count). The van der Waals surface area contributed by atoms with E-state index in [0.717, 1.165) is 16.3 Å². The molecular weight excluding hydrogens is 260 g/mol. The molecule has 5 heteroatoms. The van der Waals surface area contributed by atoms with Crippen molar-refractivity contribution in [2.75, 3.05) is 0 Å². The van der Waals surface area contributed by atoms with E-state index < -0.39 is 0 Å². The smallest absolute Gasteiger partial charge is 0.140 e. The Hall–Kier alpha value is -2.27. The second kappa shape index (κ2) is 4.44. The Bertz CT molecular complexity index is 731. The van der Waals surface area contributed by atoms with Crippen molar-refractivity contribution in [1.29, 1.82) is 0 Å². The van der Waals surface area contributed by atoms with E-state index in [1.54, 1.807) is 6.07 Å². The van der Waals surface area contributed by atoms with E-state index in [1.165, 1.54) is 23.5 Å². The highest BCUT2D eigenvalue weighted by molar-refractivity contribution is 7.13. The van der Waals surface area contributed by atoms with E-state index in [-0.39, 0.29) is 11.5 Å². The van der Waals surface area contributed by atoms with Crippen molar-refractivity contribution in [2.24, 2.45) is 0 Å². The van der Waals surface area contributed by atoms with Crippen molar-refractivity contribution >= 4 is 11.3 Å². The molecule has 0 radical (unpaired) electrons. The lowest BCUT2D eigenvalue weighted by atomic mass is 10.1. The Morgan fingerprint density at radius 3 is 2.74 bits per heavy atom. The normalized spacial score (nSPS) is 10.8. The van der Waals surface area contributed by atoms with Gasteiger partial charge >= 0.3 is 0 Å². The lowest BCUT2D eigenvalue weighted by Gasteiger charge is -2.01. The number of phenolic OH excluding ortho intramolecular Hbond substituents is 2. The van der Waals surface area contributed by atoms with Crippen LogP contribution in [-0.2, 0) is 0 Å². The second-order valence-electron chi connectivity index (χ2n) is 4.28. The molecule has 0 saturated carbocycles. The molecule has 1 aromatic carbocycles. The maximum atomic E-state index is 9.84. The van der Waals surface area contributed by atoms with Gasteiger partial charge < -0.3 is 15.2 Å². The van der Waals surface area contributed by atoms with Gasteiger partial charge in [-0.1, -0.05) is 0 Å². The molecule has 96 valence electrons. The van der Waals surface area contributed by atoms with Gasteiger partial charge in [0.1, 0.15) is 16.5 Å². The van der Waals surface area contributed by atoms with Gasteiger partial charge in [0.25, 0.3) is 0 Å². The maximum Gasteiger partial charge on any atom is 0.140 e. The summed E-state index contributed by atoms with van der Waals surface area (Å²) in [6.07, 6.45) is 1.88. The molecule has 0 spiro atoms. The van der Waals surface area contributed by atoms with Crippen LogP contribution in [-0.4, -0.2) is 20.2 Å². The minimum absolute atomic E-state index is 0.0278. The molecule has 0 atom stereocenters. The third kappa shape index (κ3) is 2.08. The first-order valence-electron chi connectivity index (χ1n) is 5.77. The van der Waals surface area contributed by atoms with Crippen molar-refractivity contribution in [3.63, 3.8) is 0 Å². The van der Waals surface area contributed by atoms with Crippen LogP contribution < -0.4 is 0 Å². The molecule has 0 aliphatic carbocycles. The first-order chi connectivity index (χ1) is 9.15. The summed E-state index contributed by atoms with van der Waals surface area (Å²) in [6.45, 7) is 2.02. The van der Waals surface area contributed by atoms with Crippen LogP contribution in [0.25, 0.3) is 22.0 Å². The molecular formula is C14H12N2O2S. The SMILES string of the molecule is Cc1cc[nH]c1-c1nc(-c2ccc(O)cc2O)cs1. The largest absolute Gasteiger partial charge is 0.508 e. The number of hydrogen-bond donors (Lipinski definition) is 3. The zero-order valence-corrected chi connectivity index (χ0v) is 11.0. The molecule has 0 fully saturated rings. The number of nitrogens with zero attached hydrogens (tertiary/aromatic N) is 1. The molecule has 0 saturated heterocycles. The van der Waals surface area contributed by atoms with Gasteiger partial charge in [0.2, 0.25) is 0 Å². The number of hydrogen-bond acceptors (Lipinski definition) is 4. The molecule has 0 aliphatic heterocycles. The van der Waals surface area contributed by atoms with Gasteiger partial charge in [-0.3, -0.25) is 0 Å². The average Bonchev–Trinajstić information content (AvgIpc) is 2.97. The number of aryl methyl sites for hydroxylation is 1. The summed E-state index contributed by atoms with van der Waals surface area (Å²) >= 11 is 1.51. The minimum Gasteiger partial charge on any atom is -0.508 e. The second-order valence-corrected chi connectivity index (χ2v) is 5.13. The number of rotatable bonds is 2. The van der Waals surface area contributed by atoms with Crippen LogP contribution in [0.3, 0.4) is 0 Å². The summed E-state index contributed by atoms with van der Waals surface area (Å²) in [5.41, 5.74) is 3.45. The molecule has 3 N–H and O–H groups in total. The molecule has 2 heterocycles. The number of aromatic hydroxyl groups is 2. The molecule has 2 aromatic heterocycles. The number of phenols is 2. The van der Waals surface area contributed by atoms with Crippen molar-refractivity contribution in [3.8, 4) is 33.5 Å². The summed E-state index contributed by atoms with van der Waals surface area (Å²) in [4.78, 5) is 7.68. The molecule has 0 bridgehead atoms. The summed E-state index contributed by atoms with van der Waals surface area (Å²) in [5, 5.41) is 21.9. The fourth-order valence-electron chi connectivity index (χ4n) is 1.93. The first kappa shape index (κ1) is 11.8. The Balaban J connectivity index is 2.04. The monoisotopic (exact) mass is 272 g/mol. The van der Waals surface area contributed by atoms with Gasteiger partial charge in [-0.05, 0) is 30.7 Å². The Morgan fingerprint density at radius 1 is 1.21 bits per heavy atom. The van der Waals surface area contributed by atoms with Gasteiger partial charge in [-0.15, -0.1) is 11.3 Å². The Labute approximate surface area is 114 Å². The quantitative estimate of drug-likeness (QED) is 0.668. The zero-order valence-electron chi connectivity index (χ0n) is 10.2. The fraction of sp³-hybridized carbons (Fsp3) is 0.0714. The summed E-state index contributed by atoms with van der Waals surface area (Å²) in [7, 11) is 0. The molecule has 0 amide bonds. The highest BCUT2D eigenvalue weighted by Gasteiger charge is 2.12. The van der Waals surface area contributed by atoms with Gasteiger partial charge in [0.15, 0.2) is 0 Å². The number of thiazole rings is 1. The van der Waals surface area contributed by atoms with Crippen molar-refractivity contribution in [1.82, 2.24) is 9.97 Å². The van der Waals surface area contributed by atoms with Gasteiger partial charge in [0.05, 0.1) is 11.4 Å². The fourth-order valence-corrected chi connectivity index (χ4v) is 2.82. The summed E-state index contributed by atoms with van der Waals surface area (Å²) in [5.74, 6) is 0.0666. The van der Waals surface area contributed by atoms with E-state index in [1.807, 2.05) is 24.6 Å². The summed E-state index contributed by atoms with van der Waals surface area (Å²) < 4.78 is 0. The number of benzene rings is 1. The van der Waals surface area contributed by atoms with Gasteiger partial charge in [-0.25, -0.2) is 4.98 Å². The minimum atomic E-state index is 0.0278. The topological polar surface area (TPSA) is 69.1 Å². The predicted octanol–water partition coefficient (Wildman–Crippen LogP) is 3.52. The Kier molecular flexibility index (Phi) is 2.76. The first-order valence-corrected chi connectivity index (χ1v) is 6.65. The van der Waals surface area contributed by atoms with E-state index in [2.05, 4.69) is 9.97 Å². The third-order valence-electron chi connectivity index (χ3n) is 2.93. The van der Waals surface area contributed by atoms with Crippen LogP contribution in [0.2, 0.25) is 0 Å². The molecule has 4 nitrogen and oxygen atoms in total. The number of nitrogens with one attached hydrogen (secondary N) is 1. The number of H-pyrrole nitrogens is 1. The van der Waals surface area contributed by atoms with E-state index in [9.17, 15) is 10.2 Å². The van der Waals surface area contributed by atoms with E-state index in [0.29, 0.717) is 11.3 Å². The maximum absolute atomic E-state index is 9.84. The summed E-state index contributed by atoms with van der Waals surface area (Å²) in [6, 6.07) is 6.50. The molecule has 19 heavy (non-hydrogen) atoms. The zero-order chi connectivity index (χ0) is 13.4. The van der Waals surface area contributed by atoms with Crippen LogP contribution in [0.5, 0.6) is 11.5 Å². The molecule has 0 aliphatic rings. The van der Waals surface area contributed by atoms with Crippen molar-refractivity contribution < 1.29 is 10.2 Å². The molecule has 0 unspecified atom stereocenters. The van der Waals surface area contributed by atoms with E-state index in [4.69, 9.17) is 0 Å². The van der Waals surface area contributed by atoms with Crippen LogP contribution in [0, 0.1) is 6.92 Å². The van der Waals surface area contributed by atoms with Gasteiger partial charge in [-0.2, -0.15) is 0 Å². The highest BCUT2D eigenvalue weighted by Crippen LogP contribution is 2.35. The molecule has 3 aromatic rings. The van der Waals surface area contributed by atoms with Gasteiger partial charge in [0, 0.05) is 23.2 Å². The van der Waals surface area contributed by atoms with E-state index >= 15 is 0 Å². The van der Waals surface area contributed by atoms with Crippen LogP contribution in [0.4, 0.5) is 0 Å².